The quantitative estimate of drug-likeness (QED) is 0.535. The van der Waals surface area contributed by atoms with Crippen molar-refractivity contribution in [1.82, 2.24) is 14.9 Å². The molecule has 0 saturated heterocycles. The summed E-state index contributed by atoms with van der Waals surface area (Å²) in [5.74, 6) is -0.0979. The van der Waals surface area contributed by atoms with Crippen LogP contribution in [0.5, 0.6) is 0 Å². The summed E-state index contributed by atoms with van der Waals surface area (Å²) in [6.07, 6.45) is 3.60. The van der Waals surface area contributed by atoms with E-state index < -0.39 is 12.7 Å². The molecule has 0 aliphatic heterocycles. The number of nitrogens with one attached hydrogen (secondary N) is 1. The first-order valence-corrected chi connectivity index (χ1v) is 10.5. The molecule has 1 aliphatic rings. The minimum Gasteiger partial charge on any atom is -0.353 e. The number of carbonyl (C=O) groups excluding carboxylic acids is 1. The molecule has 1 fully saturated rings. The Hall–Kier alpha value is -1.96. The van der Waals surface area contributed by atoms with E-state index in [1.54, 1.807) is 24.3 Å². The summed E-state index contributed by atoms with van der Waals surface area (Å²) < 4.78 is 40.4. The molecule has 1 aromatic carbocycles. The van der Waals surface area contributed by atoms with Crippen molar-refractivity contribution in [2.24, 2.45) is 0 Å². The van der Waals surface area contributed by atoms with Crippen LogP contribution >= 0.6 is 11.8 Å². The molecule has 1 aliphatic carbocycles. The van der Waals surface area contributed by atoms with Crippen LogP contribution in [0, 0.1) is 0 Å². The molecular formula is C20H24F3N3OS. The third kappa shape index (κ3) is 6.02. The predicted molar refractivity (Wildman–Crippen MR) is 104 cm³/mol. The van der Waals surface area contributed by atoms with E-state index in [4.69, 9.17) is 0 Å². The predicted octanol–water partition coefficient (Wildman–Crippen LogP) is 5.04. The first-order valence-electron chi connectivity index (χ1n) is 9.52. The minimum absolute atomic E-state index is 0.0552. The molecule has 1 saturated carbocycles. The van der Waals surface area contributed by atoms with Crippen molar-refractivity contribution in [1.29, 1.82) is 0 Å². The summed E-state index contributed by atoms with van der Waals surface area (Å²) >= 11 is 1.04. The maximum Gasteiger partial charge on any atom is 0.406 e. The molecule has 2 aromatic rings. The molecule has 3 rings (SSSR count). The number of hydrogen-bond acceptors (Lipinski definition) is 3. The van der Waals surface area contributed by atoms with Crippen molar-refractivity contribution in [3.05, 3.63) is 36.5 Å². The van der Waals surface area contributed by atoms with E-state index in [1.807, 2.05) is 6.07 Å². The van der Waals surface area contributed by atoms with E-state index in [1.165, 1.54) is 19.0 Å². The van der Waals surface area contributed by atoms with Crippen molar-refractivity contribution in [2.45, 2.75) is 62.4 Å². The number of benzene rings is 1. The summed E-state index contributed by atoms with van der Waals surface area (Å²) in [7, 11) is 0. The van der Waals surface area contributed by atoms with Crippen molar-refractivity contribution >= 4 is 17.7 Å². The Morgan fingerprint density at radius 1 is 1.14 bits per heavy atom. The van der Waals surface area contributed by atoms with Crippen LogP contribution in [0.25, 0.3) is 11.3 Å². The van der Waals surface area contributed by atoms with Gasteiger partial charge in [-0.05, 0) is 18.4 Å². The third-order valence-corrected chi connectivity index (χ3v) is 5.77. The minimum atomic E-state index is -4.37. The van der Waals surface area contributed by atoms with Crippen LogP contribution in [0.15, 0.2) is 41.7 Å². The molecule has 0 bridgehead atoms. The van der Waals surface area contributed by atoms with Crippen molar-refractivity contribution < 1.29 is 18.0 Å². The van der Waals surface area contributed by atoms with Crippen LogP contribution in [0.1, 0.15) is 38.5 Å². The van der Waals surface area contributed by atoms with Gasteiger partial charge >= 0.3 is 6.18 Å². The standard InChI is InChI=1S/C20H24F3N3OS/c21-20(22,23)14-26-17(15-8-4-3-5-9-15)12-24-19(26)28-13-18(27)25-16-10-6-1-2-7-11-16/h3-5,8-9,12,16H,1-2,6-7,10-11,13-14H2,(H,25,27). The van der Waals surface area contributed by atoms with E-state index >= 15 is 0 Å². The van der Waals surface area contributed by atoms with Gasteiger partial charge in [0.1, 0.15) is 6.54 Å². The van der Waals surface area contributed by atoms with Gasteiger partial charge in [0, 0.05) is 6.04 Å². The maximum absolute atomic E-state index is 13.1. The van der Waals surface area contributed by atoms with E-state index in [-0.39, 0.29) is 22.9 Å². The van der Waals surface area contributed by atoms with Gasteiger partial charge in [0.25, 0.3) is 0 Å². The number of rotatable bonds is 6. The number of nitrogens with zero attached hydrogens (tertiary/aromatic N) is 2. The number of aromatic nitrogens is 2. The molecule has 28 heavy (non-hydrogen) atoms. The van der Waals surface area contributed by atoms with Gasteiger partial charge in [-0.15, -0.1) is 0 Å². The van der Waals surface area contributed by atoms with E-state index in [2.05, 4.69) is 10.3 Å². The van der Waals surface area contributed by atoms with Crippen LogP contribution in [-0.4, -0.2) is 33.4 Å². The van der Waals surface area contributed by atoms with Gasteiger partial charge in [0.15, 0.2) is 5.16 Å². The highest BCUT2D eigenvalue weighted by Gasteiger charge is 2.31. The number of amides is 1. The monoisotopic (exact) mass is 411 g/mol. The smallest absolute Gasteiger partial charge is 0.353 e. The largest absolute Gasteiger partial charge is 0.406 e. The molecule has 0 radical (unpaired) electrons. The number of alkyl halides is 3. The van der Waals surface area contributed by atoms with Crippen LogP contribution in [0.2, 0.25) is 0 Å². The lowest BCUT2D eigenvalue weighted by Gasteiger charge is -2.16. The fourth-order valence-electron chi connectivity index (χ4n) is 3.47. The number of imidazole rings is 1. The summed E-state index contributed by atoms with van der Waals surface area (Å²) in [6, 6.07) is 9.02. The normalized spacial score (nSPS) is 16.0. The number of carbonyl (C=O) groups is 1. The van der Waals surface area contributed by atoms with E-state index in [0.29, 0.717) is 11.3 Å². The van der Waals surface area contributed by atoms with Crippen LogP contribution in [-0.2, 0) is 11.3 Å². The van der Waals surface area contributed by atoms with Crippen LogP contribution < -0.4 is 5.32 Å². The summed E-state index contributed by atoms with van der Waals surface area (Å²) in [4.78, 5) is 16.4. The van der Waals surface area contributed by atoms with Crippen molar-refractivity contribution in [3.8, 4) is 11.3 Å². The lowest BCUT2D eigenvalue weighted by atomic mass is 10.1. The number of hydrogen-bond donors (Lipinski definition) is 1. The molecule has 0 spiro atoms. The van der Waals surface area contributed by atoms with Crippen LogP contribution in [0.4, 0.5) is 13.2 Å². The molecule has 0 unspecified atom stereocenters. The Balaban J connectivity index is 1.69. The fourth-order valence-corrected chi connectivity index (χ4v) is 4.26. The SMILES string of the molecule is O=C(CSc1ncc(-c2ccccc2)n1CC(F)(F)F)NC1CCCCCC1. The summed E-state index contributed by atoms with van der Waals surface area (Å²) in [5, 5.41) is 3.22. The second-order valence-electron chi connectivity index (χ2n) is 7.04. The zero-order chi connectivity index (χ0) is 20.0. The zero-order valence-corrected chi connectivity index (χ0v) is 16.4. The van der Waals surface area contributed by atoms with E-state index in [9.17, 15) is 18.0 Å². The van der Waals surface area contributed by atoms with Gasteiger partial charge in [0.05, 0.1) is 17.6 Å². The molecule has 0 atom stereocenters. The molecule has 1 heterocycles. The average Bonchev–Trinajstić information content (AvgIpc) is 2.85. The summed E-state index contributed by atoms with van der Waals surface area (Å²) in [5.41, 5.74) is 1.05. The van der Waals surface area contributed by atoms with Gasteiger partial charge in [-0.25, -0.2) is 4.98 Å². The molecule has 152 valence electrons. The van der Waals surface area contributed by atoms with Gasteiger partial charge in [0.2, 0.25) is 5.91 Å². The molecule has 1 amide bonds. The lowest BCUT2D eigenvalue weighted by Crippen LogP contribution is -2.35. The van der Waals surface area contributed by atoms with Gasteiger partial charge in [-0.1, -0.05) is 67.8 Å². The first-order chi connectivity index (χ1) is 13.4. The van der Waals surface area contributed by atoms with Gasteiger partial charge in [-0.2, -0.15) is 13.2 Å². The zero-order valence-electron chi connectivity index (χ0n) is 15.5. The number of halogens is 3. The van der Waals surface area contributed by atoms with Gasteiger partial charge in [-0.3, -0.25) is 4.79 Å². The molecule has 4 nitrogen and oxygen atoms in total. The Labute approximate surface area is 166 Å². The Morgan fingerprint density at radius 3 is 2.46 bits per heavy atom. The molecule has 1 aromatic heterocycles. The highest BCUT2D eigenvalue weighted by atomic mass is 32.2. The fraction of sp³-hybridized carbons (Fsp3) is 0.500. The molecular weight excluding hydrogens is 387 g/mol. The van der Waals surface area contributed by atoms with Crippen LogP contribution in [0.3, 0.4) is 0 Å². The highest BCUT2D eigenvalue weighted by molar-refractivity contribution is 7.99. The Bertz CT molecular complexity index is 769. The first kappa shape index (κ1) is 20.8. The van der Waals surface area contributed by atoms with Crippen molar-refractivity contribution in [3.63, 3.8) is 0 Å². The van der Waals surface area contributed by atoms with E-state index in [0.717, 1.165) is 42.0 Å². The average molecular weight is 411 g/mol. The maximum atomic E-state index is 13.1. The second kappa shape index (κ2) is 9.49. The second-order valence-corrected chi connectivity index (χ2v) is 7.98. The van der Waals surface area contributed by atoms with Gasteiger partial charge < -0.3 is 9.88 Å². The third-order valence-electron chi connectivity index (χ3n) is 4.78. The topological polar surface area (TPSA) is 46.9 Å². The molecule has 8 heteroatoms. The van der Waals surface area contributed by atoms with Crippen molar-refractivity contribution in [2.75, 3.05) is 5.75 Å². The number of thioether (sulfide) groups is 1. The lowest BCUT2D eigenvalue weighted by molar-refractivity contribution is -0.141. The Morgan fingerprint density at radius 2 is 1.82 bits per heavy atom. The Kier molecular flexibility index (Phi) is 7.04. The highest BCUT2D eigenvalue weighted by Crippen LogP contribution is 2.30. The molecule has 1 N–H and O–H groups in total. The summed E-state index contributed by atoms with van der Waals surface area (Å²) in [6.45, 7) is -1.14.